The maximum absolute atomic E-state index is 5.68. The molecule has 96 valence electrons. The monoisotopic (exact) mass is 265 g/mol. The third-order valence-corrected chi connectivity index (χ3v) is 3.23. The van der Waals surface area contributed by atoms with Gasteiger partial charge < -0.3 is 10.3 Å². The molecule has 0 aliphatic heterocycles. The van der Waals surface area contributed by atoms with E-state index in [9.17, 15) is 0 Å². The van der Waals surface area contributed by atoms with Gasteiger partial charge in [0.15, 0.2) is 11.0 Å². The molecule has 0 bridgehead atoms. The lowest BCUT2D eigenvalue weighted by molar-refractivity contribution is 0.375. The molecule has 2 rings (SSSR count). The number of anilines is 1. The molecule has 0 aromatic carbocycles. The highest BCUT2D eigenvalue weighted by molar-refractivity contribution is 7.99. The molecular formula is C11H15N5OS. The summed E-state index contributed by atoms with van der Waals surface area (Å²) < 4.78 is 5.18. The Morgan fingerprint density at radius 2 is 2.17 bits per heavy atom. The van der Waals surface area contributed by atoms with Gasteiger partial charge in [-0.25, -0.2) is 9.97 Å². The summed E-state index contributed by atoms with van der Waals surface area (Å²) in [5.74, 6) is 1.76. The highest BCUT2D eigenvalue weighted by Gasteiger charge is 2.16. The molecule has 0 aliphatic rings. The van der Waals surface area contributed by atoms with Gasteiger partial charge in [-0.05, 0) is 13.8 Å². The lowest BCUT2D eigenvalue weighted by Gasteiger charge is -2.06. The van der Waals surface area contributed by atoms with Crippen LogP contribution >= 0.6 is 11.8 Å². The Morgan fingerprint density at radius 3 is 2.78 bits per heavy atom. The van der Waals surface area contributed by atoms with E-state index in [1.165, 1.54) is 11.8 Å². The molecule has 2 aromatic rings. The second kappa shape index (κ2) is 5.34. The van der Waals surface area contributed by atoms with Crippen molar-refractivity contribution in [2.24, 2.45) is 0 Å². The summed E-state index contributed by atoms with van der Waals surface area (Å²) in [7, 11) is 0. The van der Waals surface area contributed by atoms with Crippen molar-refractivity contribution in [1.82, 2.24) is 20.1 Å². The van der Waals surface area contributed by atoms with Crippen molar-refractivity contribution in [3.05, 3.63) is 23.5 Å². The Bertz CT molecular complexity index is 522. The van der Waals surface area contributed by atoms with E-state index in [4.69, 9.17) is 10.3 Å². The topological polar surface area (TPSA) is 90.7 Å². The van der Waals surface area contributed by atoms with Gasteiger partial charge in [0, 0.05) is 18.2 Å². The predicted molar refractivity (Wildman–Crippen MR) is 69.1 cm³/mol. The summed E-state index contributed by atoms with van der Waals surface area (Å²) in [4.78, 5) is 12.8. The molecule has 2 N–H and O–H groups in total. The highest BCUT2D eigenvalue weighted by atomic mass is 32.2. The lowest BCUT2D eigenvalue weighted by atomic mass is 10.4. The van der Waals surface area contributed by atoms with Gasteiger partial charge in [0.1, 0.15) is 5.82 Å². The van der Waals surface area contributed by atoms with E-state index in [0.29, 0.717) is 22.7 Å². The van der Waals surface area contributed by atoms with E-state index in [0.717, 1.165) is 12.1 Å². The van der Waals surface area contributed by atoms with Crippen LogP contribution in [0.5, 0.6) is 0 Å². The van der Waals surface area contributed by atoms with Crippen LogP contribution in [0.2, 0.25) is 0 Å². The predicted octanol–water partition coefficient (Wildman–Crippen LogP) is 2.17. The minimum absolute atomic E-state index is 0.000926. The summed E-state index contributed by atoms with van der Waals surface area (Å²) in [5, 5.41) is 4.49. The molecule has 2 heterocycles. The zero-order valence-corrected chi connectivity index (χ0v) is 11.4. The summed E-state index contributed by atoms with van der Waals surface area (Å²) in [6, 6.07) is 1.73. The Kier molecular flexibility index (Phi) is 3.81. The third kappa shape index (κ3) is 2.98. The summed E-state index contributed by atoms with van der Waals surface area (Å²) in [5.41, 5.74) is 6.53. The van der Waals surface area contributed by atoms with Crippen LogP contribution in [0.4, 0.5) is 5.82 Å². The number of nitrogens with zero attached hydrogens (tertiary/aromatic N) is 4. The Morgan fingerprint density at radius 1 is 1.39 bits per heavy atom. The van der Waals surface area contributed by atoms with Crippen molar-refractivity contribution in [3.8, 4) is 0 Å². The standard InChI is InChI=1S/C11H15N5OS/c1-4-9-15-10(17-16-9)7(3)18-11-13-6(2)5-8(12)14-11/h5,7H,4H2,1-3H3,(H2,12,13,14)/t7-/m0/s1. The zero-order chi connectivity index (χ0) is 13.1. The SMILES string of the molecule is CCc1noc([C@H](C)Sc2nc(C)cc(N)n2)n1. The first kappa shape index (κ1) is 12.8. The fourth-order valence-electron chi connectivity index (χ4n) is 1.40. The largest absolute Gasteiger partial charge is 0.384 e. The Hall–Kier alpha value is -1.63. The van der Waals surface area contributed by atoms with Crippen molar-refractivity contribution in [2.75, 3.05) is 5.73 Å². The van der Waals surface area contributed by atoms with Crippen LogP contribution < -0.4 is 5.73 Å². The molecular weight excluding hydrogens is 250 g/mol. The first-order chi connectivity index (χ1) is 8.58. The molecule has 1 atom stereocenters. The number of hydrogen-bond donors (Lipinski definition) is 1. The number of thioether (sulfide) groups is 1. The van der Waals surface area contributed by atoms with Crippen LogP contribution in [0.25, 0.3) is 0 Å². The van der Waals surface area contributed by atoms with Crippen LogP contribution in [0.1, 0.15) is 36.5 Å². The lowest BCUT2D eigenvalue weighted by Crippen LogP contribution is -1.98. The zero-order valence-electron chi connectivity index (χ0n) is 10.5. The van der Waals surface area contributed by atoms with E-state index in [1.54, 1.807) is 6.07 Å². The minimum atomic E-state index is -0.000926. The summed E-state index contributed by atoms with van der Waals surface area (Å²) in [6.07, 6.45) is 0.759. The van der Waals surface area contributed by atoms with Gasteiger partial charge in [0.05, 0.1) is 5.25 Å². The fourth-order valence-corrected chi connectivity index (χ4v) is 2.27. The molecule has 0 saturated heterocycles. The van der Waals surface area contributed by atoms with Crippen molar-refractivity contribution in [3.63, 3.8) is 0 Å². The average Bonchev–Trinajstić information content (AvgIpc) is 2.75. The number of hydrogen-bond acceptors (Lipinski definition) is 7. The van der Waals surface area contributed by atoms with Crippen LogP contribution in [0.15, 0.2) is 15.7 Å². The van der Waals surface area contributed by atoms with Gasteiger partial charge >= 0.3 is 0 Å². The third-order valence-electron chi connectivity index (χ3n) is 2.28. The highest BCUT2D eigenvalue weighted by Crippen LogP contribution is 2.32. The normalized spacial score (nSPS) is 12.6. The fraction of sp³-hybridized carbons (Fsp3) is 0.455. The van der Waals surface area contributed by atoms with Gasteiger partial charge in [-0.15, -0.1) is 0 Å². The summed E-state index contributed by atoms with van der Waals surface area (Å²) in [6.45, 7) is 5.84. The van der Waals surface area contributed by atoms with Crippen molar-refractivity contribution in [1.29, 1.82) is 0 Å². The Balaban J connectivity index is 2.12. The van der Waals surface area contributed by atoms with Crippen molar-refractivity contribution >= 4 is 17.6 Å². The molecule has 6 nitrogen and oxygen atoms in total. The molecule has 18 heavy (non-hydrogen) atoms. The number of rotatable bonds is 4. The number of nitrogens with two attached hydrogens (primary N) is 1. The van der Waals surface area contributed by atoms with E-state index in [2.05, 4.69) is 20.1 Å². The quantitative estimate of drug-likeness (QED) is 0.669. The van der Waals surface area contributed by atoms with Crippen LogP contribution in [0, 0.1) is 6.92 Å². The second-order valence-electron chi connectivity index (χ2n) is 3.88. The number of aryl methyl sites for hydroxylation is 2. The first-order valence-corrected chi connectivity index (χ1v) is 6.56. The Labute approximate surface area is 109 Å². The van der Waals surface area contributed by atoms with Crippen LogP contribution in [-0.2, 0) is 6.42 Å². The van der Waals surface area contributed by atoms with Crippen LogP contribution in [0.3, 0.4) is 0 Å². The first-order valence-electron chi connectivity index (χ1n) is 5.68. The second-order valence-corrected chi connectivity index (χ2v) is 5.19. The maximum Gasteiger partial charge on any atom is 0.239 e. The number of aromatic nitrogens is 4. The minimum Gasteiger partial charge on any atom is -0.384 e. The van der Waals surface area contributed by atoms with E-state index < -0.39 is 0 Å². The molecule has 0 fully saturated rings. The molecule has 7 heteroatoms. The molecule has 0 saturated carbocycles. The van der Waals surface area contributed by atoms with Crippen molar-refractivity contribution in [2.45, 2.75) is 37.6 Å². The number of nitrogen functional groups attached to an aromatic ring is 1. The molecule has 0 radical (unpaired) electrons. The molecule has 2 aromatic heterocycles. The summed E-state index contributed by atoms with van der Waals surface area (Å²) >= 11 is 1.45. The van der Waals surface area contributed by atoms with Gasteiger partial charge in [0.25, 0.3) is 0 Å². The van der Waals surface area contributed by atoms with E-state index >= 15 is 0 Å². The van der Waals surface area contributed by atoms with Gasteiger partial charge in [-0.3, -0.25) is 0 Å². The average molecular weight is 265 g/mol. The molecule has 0 amide bonds. The molecule has 0 unspecified atom stereocenters. The van der Waals surface area contributed by atoms with Gasteiger partial charge in [0.2, 0.25) is 5.89 Å². The van der Waals surface area contributed by atoms with Crippen molar-refractivity contribution < 1.29 is 4.52 Å². The molecule has 0 spiro atoms. The molecule has 0 aliphatic carbocycles. The van der Waals surface area contributed by atoms with Gasteiger partial charge in [-0.2, -0.15) is 4.98 Å². The maximum atomic E-state index is 5.68. The van der Waals surface area contributed by atoms with E-state index in [1.807, 2.05) is 20.8 Å². The van der Waals surface area contributed by atoms with Crippen LogP contribution in [-0.4, -0.2) is 20.1 Å². The smallest absolute Gasteiger partial charge is 0.239 e. The van der Waals surface area contributed by atoms with E-state index in [-0.39, 0.29) is 5.25 Å². The van der Waals surface area contributed by atoms with Gasteiger partial charge in [-0.1, -0.05) is 23.8 Å².